The zero-order valence-corrected chi connectivity index (χ0v) is 24.9. The van der Waals surface area contributed by atoms with Gasteiger partial charge in [0.1, 0.15) is 11.3 Å². The van der Waals surface area contributed by atoms with Gasteiger partial charge in [0.25, 0.3) is 15.9 Å². The third kappa shape index (κ3) is 6.79. The maximum absolute atomic E-state index is 13.0. The zero-order valence-electron chi connectivity index (χ0n) is 21.7. The third-order valence-corrected chi connectivity index (χ3v) is 9.27. The Kier molecular flexibility index (Phi) is 9.75. The van der Waals surface area contributed by atoms with Crippen LogP contribution in [0.3, 0.4) is 0 Å². The molecule has 1 saturated heterocycles. The number of hydrogen-bond acceptors (Lipinski definition) is 8. The minimum absolute atomic E-state index is 0. The number of anilines is 2. The summed E-state index contributed by atoms with van der Waals surface area (Å²) < 4.78 is 34.5. The molecule has 212 valence electrons. The summed E-state index contributed by atoms with van der Waals surface area (Å²) in [6.07, 6.45) is 0. The van der Waals surface area contributed by atoms with Crippen LogP contribution in [-0.2, 0) is 10.0 Å². The Hall–Kier alpha value is -3.09. The summed E-state index contributed by atoms with van der Waals surface area (Å²) in [5, 5.41) is 4.56. The van der Waals surface area contributed by atoms with Gasteiger partial charge in [-0.25, -0.2) is 13.4 Å². The average molecular weight is 623 g/mol. The number of rotatable bonds is 9. The molecule has 0 spiro atoms. The van der Waals surface area contributed by atoms with Crippen molar-refractivity contribution in [1.82, 2.24) is 15.2 Å². The van der Waals surface area contributed by atoms with Crippen molar-refractivity contribution in [2.75, 3.05) is 56.0 Å². The van der Waals surface area contributed by atoms with Crippen LogP contribution in [0.15, 0.2) is 71.6 Å². The molecule has 9 nitrogen and oxygen atoms in total. The largest absolute Gasteiger partial charge is 0.497 e. The van der Waals surface area contributed by atoms with Crippen molar-refractivity contribution >= 4 is 72.3 Å². The van der Waals surface area contributed by atoms with Gasteiger partial charge in [0.15, 0.2) is 5.13 Å². The highest BCUT2D eigenvalue weighted by Crippen LogP contribution is 2.33. The number of para-hydroxylation sites is 2. The molecule has 3 aromatic carbocycles. The van der Waals surface area contributed by atoms with Gasteiger partial charge >= 0.3 is 0 Å². The summed E-state index contributed by atoms with van der Waals surface area (Å²) in [5.74, 6) is 0.213. The number of fused-ring (bicyclic) bond motifs is 1. The molecule has 0 saturated carbocycles. The number of piperazine rings is 1. The lowest BCUT2D eigenvalue weighted by Gasteiger charge is -2.34. The molecule has 1 amide bonds. The van der Waals surface area contributed by atoms with E-state index in [2.05, 4.69) is 19.8 Å². The fraction of sp³-hybridized carbons (Fsp3) is 0.259. The van der Waals surface area contributed by atoms with Crippen LogP contribution < -0.4 is 19.7 Å². The van der Waals surface area contributed by atoms with Crippen LogP contribution in [0, 0.1) is 0 Å². The van der Waals surface area contributed by atoms with E-state index in [4.69, 9.17) is 21.3 Å². The number of amides is 1. The number of carbonyl (C=O) groups excluding carboxylic acids is 1. The summed E-state index contributed by atoms with van der Waals surface area (Å²) in [7, 11) is -2.37. The van der Waals surface area contributed by atoms with E-state index in [1.807, 2.05) is 18.2 Å². The van der Waals surface area contributed by atoms with E-state index in [-0.39, 0.29) is 34.5 Å². The minimum atomic E-state index is -3.88. The van der Waals surface area contributed by atoms with Gasteiger partial charge < -0.3 is 15.0 Å². The molecule has 0 bridgehead atoms. The normalized spacial score (nSPS) is 14.0. The molecule has 2 N–H and O–H groups in total. The highest BCUT2D eigenvalue weighted by atomic mass is 35.5. The van der Waals surface area contributed by atoms with Gasteiger partial charge in [-0.2, -0.15) is 0 Å². The molecule has 5 rings (SSSR count). The molecule has 0 aliphatic carbocycles. The summed E-state index contributed by atoms with van der Waals surface area (Å²) >= 11 is 7.93. The van der Waals surface area contributed by atoms with Gasteiger partial charge in [-0.05, 0) is 48.5 Å². The number of ether oxygens (including phenoxy) is 1. The quantitative estimate of drug-likeness (QED) is 0.278. The van der Waals surface area contributed by atoms with Crippen LogP contribution in [0.5, 0.6) is 5.75 Å². The fourth-order valence-corrected chi connectivity index (χ4v) is 6.75. The lowest BCUT2D eigenvalue weighted by atomic mass is 10.1. The van der Waals surface area contributed by atoms with Crippen molar-refractivity contribution in [2.24, 2.45) is 0 Å². The predicted molar refractivity (Wildman–Crippen MR) is 163 cm³/mol. The van der Waals surface area contributed by atoms with Gasteiger partial charge in [0.2, 0.25) is 0 Å². The number of carbonyl (C=O) groups is 1. The van der Waals surface area contributed by atoms with Crippen molar-refractivity contribution in [3.63, 3.8) is 0 Å². The molecule has 0 atom stereocenters. The summed E-state index contributed by atoms with van der Waals surface area (Å²) in [6, 6.07) is 18.4. The second-order valence-electron chi connectivity index (χ2n) is 8.99. The summed E-state index contributed by atoms with van der Waals surface area (Å²) in [4.78, 5) is 22.3. The molecule has 1 fully saturated rings. The third-order valence-electron chi connectivity index (χ3n) is 6.50. The number of benzene rings is 3. The topological polar surface area (TPSA) is 104 Å². The van der Waals surface area contributed by atoms with E-state index < -0.39 is 10.0 Å². The summed E-state index contributed by atoms with van der Waals surface area (Å²) in [5.41, 5.74) is 1.32. The second kappa shape index (κ2) is 13.0. The minimum Gasteiger partial charge on any atom is -0.497 e. The van der Waals surface area contributed by atoms with Crippen LogP contribution >= 0.6 is 35.3 Å². The maximum atomic E-state index is 13.0. The number of sulfonamides is 1. The number of aromatic nitrogens is 1. The molecule has 4 aromatic rings. The number of hydrogen-bond donors (Lipinski definition) is 2. The predicted octanol–water partition coefficient (Wildman–Crippen LogP) is 4.73. The molecule has 1 aliphatic heterocycles. The van der Waals surface area contributed by atoms with E-state index in [0.717, 1.165) is 41.5 Å². The van der Waals surface area contributed by atoms with Crippen molar-refractivity contribution in [1.29, 1.82) is 0 Å². The van der Waals surface area contributed by atoms with Gasteiger partial charge in [0.05, 0.1) is 33.0 Å². The Labute approximate surface area is 248 Å². The van der Waals surface area contributed by atoms with Crippen LogP contribution in [0.1, 0.15) is 10.4 Å². The standard InChI is InChI=1S/C27H28ClN5O4S2.ClH/c1-37-19-9-11-20(12-10-19)39(35,36)31-23-7-3-2-5-21(23)26(34)29-13-14-32-15-17-33(18-16-32)27-30-25-22(28)6-4-8-24(25)38-27;/h2-12,31H,13-18H2,1H3,(H,29,34);1H. The lowest BCUT2D eigenvalue weighted by Crippen LogP contribution is -2.48. The molecule has 0 radical (unpaired) electrons. The first-order chi connectivity index (χ1) is 18.8. The van der Waals surface area contributed by atoms with Crippen molar-refractivity contribution < 1.29 is 17.9 Å². The Morgan fingerprint density at radius 2 is 1.75 bits per heavy atom. The Morgan fingerprint density at radius 1 is 1.02 bits per heavy atom. The fourth-order valence-electron chi connectivity index (χ4n) is 4.35. The SMILES string of the molecule is COc1ccc(S(=O)(=O)Nc2ccccc2C(=O)NCCN2CCN(c3nc4c(Cl)cccc4s3)CC2)cc1.Cl. The lowest BCUT2D eigenvalue weighted by molar-refractivity contribution is 0.0948. The summed E-state index contributed by atoms with van der Waals surface area (Å²) in [6.45, 7) is 4.48. The highest BCUT2D eigenvalue weighted by Gasteiger charge is 2.22. The molecule has 2 heterocycles. The Bertz CT molecular complexity index is 1570. The monoisotopic (exact) mass is 621 g/mol. The van der Waals surface area contributed by atoms with E-state index in [1.54, 1.807) is 47.7 Å². The van der Waals surface area contributed by atoms with Crippen molar-refractivity contribution in [3.8, 4) is 5.75 Å². The molecule has 13 heteroatoms. The van der Waals surface area contributed by atoms with Gasteiger partial charge in [0, 0.05) is 39.3 Å². The molecule has 0 unspecified atom stereocenters. The second-order valence-corrected chi connectivity index (χ2v) is 12.1. The number of thiazole rings is 1. The zero-order chi connectivity index (χ0) is 27.4. The molecule has 40 heavy (non-hydrogen) atoms. The van der Waals surface area contributed by atoms with E-state index in [9.17, 15) is 13.2 Å². The first-order valence-electron chi connectivity index (χ1n) is 12.4. The smallest absolute Gasteiger partial charge is 0.261 e. The molecule has 1 aliphatic rings. The van der Waals surface area contributed by atoms with E-state index >= 15 is 0 Å². The van der Waals surface area contributed by atoms with Crippen LogP contribution in [0.4, 0.5) is 10.8 Å². The number of halogens is 2. The number of nitrogens with zero attached hydrogens (tertiary/aromatic N) is 3. The van der Waals surface area contributed by atoms with Crippen LogP contribution in [0.25, 0.3) is 10.2 Å². The molecular weight excluding hydrogens is 593 g/mol. The maximum Gasteiger partial charge on any atom is 0.261 e. The van der Waals surface area contributed by atoms with Crippen molar-refractivity contribution in [2.45, 2.75) is 4.90 Å². The molecule has 1 aromatic heterocycles. The Balaban J connectivity index is 0.00000370. The van der Waals surface area contributed by atoms with Crippen LogP contribution in [0.2, 0.25) is 5.02 Å². The van der Waals surface area contributed by atoms with Crippen LogP contribution in [-0.4, -0.2) is 70.6 Å². The highest BCUT2D eigenvalue weighted by molar-refractivity contribution is 7.92. The van der Waals surface area contributed by atoms with Gasteiger partial charge in [-0.3, -0.25) is 14.4 Å². The first kappa shape index (κ1) is 29.9. The van der Waals surface area contributed by atoms with E-state index in [0.29, 0.717) is 23.9 Å². The average Bonchev–Trinajstić information content (AvgIpc) is 3.39. The van der Waals surface area contributed by atoms with Gasteiger partial charge in [-0.15, -0.1) is 12.4 Å². The molecular formula is C27H29Cl2N5O4S2. The van der Waals surface area contributed by atoms with Gasteiger partial charge in [-0.1, -0.05) is 41.1 Å². The number of nitrogens with one attached hydrogen (secondary N) is 2. The Morgan fingerprint density at radius 3 is 2.45 bits per heavy atom. The van der Waals surface area contributed by atoms with E-state index in [1.165, 1.54) is 19.2 Å². The first-order valence-corrected chi connectivity index (χ1v) is 15.1. The number of methoxy groups -OCH3 is 1. The van der Waals surface area contributed by atoms with Crippen molar-refractivity contribution in [3.05, 3.63) is 77.3 Å².